The molecule has 0 bridgehead atoms. The van der Waals surface area contributed by atoms with Crippen molar-refractivity contribution < 1.29 is 9.90 Å². The Bertz CT molecular complexity index is 353. The van der Waals surface area contributed by atoms with Crippen molar-refractivity contribution in [2.45, 2.75) is 6.92 Å². The normalized spacial score (nSPS) is 9.47. The molecule has 1 aromatic carbocycles. The number of phenols is 1. The van der Waals surface area contributed by atoms with Gasteiger partial charge in [-0.25, -0.2) is 4.79 Å². The molecule has 0 saturated carbocycles. The van der Waals surface area contributed by atoms with Gasteiger partial charge in [0, 0.05) is 25.3 Å². The maximum Gasteiger partial charge on any atom is 0.319 e. The van der Waals surface area contributed by atoms with Crippen molar-refractivity contribution in [3.63, 3.8) is 0 Å². The third-order valence-corrected chi connectivity index (χ3v) is 1.87. The van der Waals surface area contributed by atoms with Crippen LogP contribution in [0, 0.1) is 0 Å². The van der Waals surface area contributed by atoms with E-state index in [1.54, 1.807) is 25.2 Å². The zero-order valence-corrected chi connectivity index (χ0v) is 8.79. The Morgan fingerprint density at radius 3 is 2.73 bits per heavy atom. The number of aromatic hydroxyl groups is 1. The molecule has 0 heterocycles. The first-order valence-electron chi connectivity index (χ1n) is 4.73. The van der Waals surface area contributed by atoms with Crippen LogP contribution in [0.3, 0.4) is 0 Å². The summed E-state index contributed by atoms with van der Waals surface area (Å²) in [6.07, 6.45) is 0. The Kier molecular flexibility index (Phi) is 3.79. The molecule has 0 aliphatic heterocycles. The smallest absolute Gasteiger partial charge is 0.319 e. The van der Waals surface area contributed by atoms with E-state index in [1.165, 1.54) is 0 Å². The van der Waals surface area contributed by atoms with Crippen LogP contribution in [0.4, 0.5) is 16.2 Å². The lowest BCUT2D eigenvalue weighted by Crippen LogP contribution is -2.28. The molecule has 0 unspecified atom stereocenters. The van der Waals surface area contributed by atoms with Crippen molar-refractivity contribution in [1.82, 2.24) is 5.32 Å². The molecule has 0 radical (unpaired) electrons. The minimum absolute atomic E-state index is 0.0353. The molecule has 82 valence electrons. The van der Waals surface area contributed by atoms with Crippen LogP contribution in [0.1, 0.15) is 6.92 Å². The number of amides is 2. The fourth-order valence-electron chi connectivity index (χ4n) is 1.12. The highest BCUT2D eigenvalue weighted by Crippen LogP contribution is 2.26. The number of anilines is 2. The molecule has 4 N–H and O–H groups in total. The first-order valence-corrected chi connectivity index (χ1v) is 4.73. The fourth-order valence-corrected chi connectivity index (χ4v) is 1.12. The number of carbonyl (C=O) groups excluding carboxylic acids is 1. The highest BCUT2D eigenvalue weighted by atomic mass is 16.3. The Morgan fingerprint density at radius 2 is 2.20 bits per heavy atom. The number of hydrogen-bond acceptors (Lipinski definition) is 3. The number of rotatable bonds is 3. The van der Waals surface area contributed by atoms with Crippen LogP contribution >= 0.6 is 0 Å². The van der Waals surface area contributed by atoms with Gasteiger partial charge in [-0.3, -0.25) is 0 Å². The van der Waals surface area contributed by atoms with Gasteiger partial charge in [0.1, 0.15) is 5.75 Å². The number of carbonyl (C=O) groups is 1. The third kappa shape index (κ3) is 3.05. The Balaban J connectivity index is 2.73. The summed E-state index contributed by atoms with van der Waals surface area (Å²) >= 11 is 0. The molecule has 15 heavy (non-hydrogen) atoms. The minimum atomic E-state index is -0.329. The number of phenolic OH excluding ortho intramolecular Hbond substituents is 1. The van der Waals surface area contributed by atoms with Crippen LogP contribution in [-0.4, -0.2) is 24.7 Å². The summed E-state index contributed by atoms with van der Waals surface area (Å²) in [4.78, 5) is 11.2. The predicted molar refractivity (Wildman–Crippen MR) is 60.3 cm³/mol. The van der Waals surface area contributed by atoms with E-state index in [1.807, 2.05) is 6.92 Å². The topological polar surface area (TPSA) is 73.4 Å². The minimum Gasteiger partial charge on any atom is -0.506 e. The van der Waals surface area contributed by atoms with E-state index in [2.05, 4.69) is 16.0 Å². The summed E-state index contributed by atoms with van der Waals surface area (Å²) in [5.41, 5.74) is 1.17. The lowest BCUT2D eigenvalue weighted by atomic mass is 10.2. The van der Waals surface area contributed by atoms with Gasteiger partial charge >= 0.3 is 6.03 Å². The molecule has 0 aromatic heterocycles. The van der Waals surface area contributed by atoms with Crippen LogP contribution in [0.15, 0.2) is 18.2 Å². The molecule has 2 amide bonds. The van der Waals surface area contributed by atoms with Crippen LogP contribution < -0.4 is 16.0 Å². The van der Waals surface area contributed by atoms with Crippen molar-refractivity contribution in [2.75, 3.05) is 24.2 Å². The van der Waals surface area contributed by atoms with Gasteiger partial charge in [0.25, 0.3) is 0 Å². The van der Waals surface area contributed by atoms with Crippen LogP contribution in [0.2, 0.25) is 0 Å². The van der Waals surface area contributed by atoms with Gasteiger partial charge in [-0.05, 0) is 19.1 Å². The average molecular weight is 209 g/mol. The second-order valence-corrected chi connectivity index (χ2v) is 2.97. The van der Waals surface area contributed by atoms with Gasteiger partial charge in [-0.1, -0.05) is 0 Å². The Labute approximate surface area is 88.5 Å². The number of benzene rings is 1. The zero-order chi connectivity index (χ0) is 11.3. The monoisotopic (exact) mass is 209 g/mol. The summed E-state index contributed by atoms with van der Waals surface area (Å²) < 4.78 is 0. The second-order valence-electron chi connectivity index (χ2n) is 2.97. The van der Waals surface area contributed by atoms with Gasteiger partial charge in [0.05, 0.1) is 5.69 Å². The average Bonchev–Trinajstić information content (AvgIpc) is 2.21. The molecule has 0 atom stereocenters. The molecule has 5 heteroatoms. The molecule has 1 rings (SSSR count). The maximum atomic E-state index is 11.2. The van der Waals surface area contributed by atoms with E-state index >= 15 is 0 Å². The largest absolute Gasteiger partial charge is 0.506 e. The lowest BCUT2D eigenvalue weighted by Gasteiger charge is -2.09. The predicted octanol–water partition coefficient (Wildman–Crippen LogP) is 1.58. The molecule has 0 saturated heterocycles. The number of nitrogens with one attached hydrogen (secondary N) is 3. The van der Waals surface area contributed by atoms with Gasteiger partial charge in [0.15, 0.2) is 0 Å². The highest BCUT2D eigenvalue weighted by Gasteiger charge is 2.05. The van der Waals surface area contributed by atoms with E-state index < -0.39 is 0 Å². The molecular weight excluding hydrogens is 194 g/mol. The third-order valence-electron chi connectivity index (χ3n) is 1.87. The van der Waals surface area contributed by atoms with E-state index in [0.717, 1.165) is 5.69 Å². The second kappa shape index (κ2) is 5.09. The Morgan fingerprint density at radius 1 is 1.47 bits per heavy atom. The summed E-state index contributed by atoms with van der Waals surface area (Å²) in [6.45, 7) is 2.37. The van der Waals surface area contributed by atoms with Crippen molar-refractivity contribution in [1.29, 1.82) is 0 Å². The van der Waals surface area contributed by atoms with Gasteiger partial charge in [-0.15, -0.1) is 0 Å². The van der Waals surface area contributed by atoms with Crippen molar-refractivity contribution >= 4 is 17.4 Å². The molecule has 0 fully saturated rings. The Hall–Kier alpha value is -1.91. The molecule has 0 spiro atoms. The SMILES string of the molecule is CCNC(=O)Nc1ccc(NC)cc1O. The molecule has 5 nitrogen and oxygen atoms in total. The maximum absolute atomic E-state index is 11.2. The van der Waals surface area contributed by atoms with Crippen molar-refractivity contribution in [2.24, 2.45) is 0 Å². The number of hydrogen-bond donors (Lipinski definition) is 4. The molecule has 1 aromatic rings. The summed E-state index contributed by atoms with van der Waals surface area (Å²) in [6, 6.07) is 4.61. The van der Waals surface area contributed by atoms with Crippen LogP contribution in [0.25, 0.3) is 0 Å². The first-order chi connectivity index (χ1) is 7.17. The summed E-state index contributed by atoms with van der Waals surface area (Å²) in [5.74, 6) is 0.0353. The quantitative estimate of drug-likeness (QED) is 0.571. The van der Waals surface area contributed by atoms with E-state index in [9.17, 15) is 9.90 Å². The summed E-state index contributed by atoms with van der Waals surface area (Å²) in [5, 5.41) is 17.5. The van der Waals surface area contributed by atoms with Crippen molar-refractivity contribution in [3.05, 3.63) is 18.2 Å². The fraction of sp³-hybridized carbons (Fsp3) is 0.300. The molecule has 0 aliphatic carbocycles. The van der Waals surface area contributed by atoms with Gasteiger partial charge < -0.3 is 21.1 Å². The highest BCUT2D eigenvalue weighted by molar-refractivity contribution is 5.91. The van der Waals surface area contributed by atoms with Crippen LogP contribution in [0.5, 0.6) is 5.75 Å². The zero-order valence-electron chi connectivity index (χ0n) is 8.79. The van der Waals surface area contributed by atoms with Crippen LogP contribution in [-0.2, 0) is 0 Å². The van der Waals surface area contributed by atoms with Gasteiger partial charge in [-0.2, -0.15) is 0 Å². The number of urea groups is 1. The van der Waals surface area contributed by atoms with Gasteiger partial charge in [0.2, 0.25) is 0 Å². The standard InChI is InChI=1S/C10H15N3O2/c1-3-12-10(15)13-8-5-4-7(11-2)6-9(8)14/h4-6,11,14H,3H2,1-2H3,(H2,12,13,15). The van der Waals surface area contributed by atoms with Crippen molar-refractivity contribution in [3.8, 4) is 5.75 Å². The summed E-state index contributed by atoms with van der Waals surface area (Å²) in [7, 11) is 1.76. The first kappa shape index (κ1) is 11.2. The van der Waals surface area contributed by atoms with E-state index in [0.29, 0.717) is 12.2 Å². The lowest BCUT2D eigenvalue weighted by molar-refractivity contribution is 0.252. The van der Waals surface area contributed by atoms with E-state index in [4.69, 9.17) is 0 Å². The molecular formula is C10H15N3O2. The molecule has 0 aliphatic rings. The van der Waals surface area contributed by atoms with E-state index in [-0.39, 0.29) is 11.8 Å².